The SMILES string of the molecule is CNc1ccc(-n2c(-c3ccc(F)nc3)nc3cccnc32)cc1SC=O. The highest BCUT2D eigenvalue weighted by Gasteiger charge is 2.16. The van der Waals surface area contributed by atoms with Crippen molar-refractivity contribution in [2.24, 2.45) is 0 Å². The number of hydrogen-bond donors (Lipinski definition) is 1. The lowest BCUT2D eigenvalue weighted by Gasteiger charge is -2.12. The summed E-state index contributed by atoms with van der Waals surface area (Å²) in [5.41, 5.74) is 4.46. The van der Waals surface area contributed by atoms with E-state index in [4.69, 9.17) is 0 Å². The third kappa shape index (κ3) is 3.15. The fourth-order valence-electron chi connectivity index (χ4n) is 2.86. The van der Waals surface area contributed by atoms with Crippen molar-refractivity contribution >= 4 is 34.2 Å². The fraction of sp³-hybridized carbons (Fsp3) is 0.0526. The van der Waals surface area contributed by atoms with Crippen molar-refractivity contribution in [3.05, 3.63) is 60.8 Å². The molecule has 6 nitrogen and oxygen atoms in total. The molecule has 0 fully saturated rings. The number of carbonyl (C=O) groups excluding carboxylic acids is 1. The average Bonchev–Trinajstić information content (AvgIpc) is 3.08. The van der Waals surface area contributed by atoms with Crippen LogP contribution in [-0.2, 0) is 4.79 Å². The predicted molar refractivity (Wildman–Crippen MR) is 104 cm³/mol. The molecule has 4 aromatic rings. The predicted octanol–water partition coefficient (Wildman–Crippen LogP) is 3.95. The summed E-state index contributed by atoms with van der Waals surface area (Å²) >= 11 is 1.09. The second kappa shape index (κ2) is 7.16. The summed E-state index contributed by atoms with van der Waals surface area (Å²) in [6.45, 7) is 0. The topological polar surface area (TPSA) is 72.7 Å². The first-order valence-corrected chi connectivity index (χ1v) is 8.97. The van der Waals surface area contributed by atoms with E-state index in [-0.39, 0.29) is 0 Å². The van der Waals surface area contributed by atoms with Gasteiger partial charge in [-0.25, -0.2) is 15.0 Å². The molecule has 134 valence electrons. The van der Waals surface area contributed by atoms with Gasteiger partial charge in [-0.05, 0) is 42.5 Å². The van der Waals surface area contributed by atoms with Crippen LogP contribution in [0.5, 0.6) is 0 Å². The Labute approximate surface area is 158 Å². The van der Waals surface area contributed by atoms with Crippen molar-refractivity contribution in [2.45, 2.75) is 4.90 Å². The van der Waals surface area contributed by atoms with Crippen LogP contribution in [0.3, 0.4) is 0 Å². The third-order valence-corrected chi connectivity index (χ3v) is 4.76. The van der Waals surface area contributed by atoms with Gasteiger partial charge in [0.15, 0.2) is 11.3 Å². The van der Waals surface area contributed by atoms with Crippen molar-refractivity contribution in [2.75, 3.05) is 12.4 Å². The van der Waals surface area contributed by atoms with Gasteiger partial charge >= 0.3 is 0 Å². The zero-order chi connectivity index (χ0) is 18.8. The quantitative estimate of drug-likeness (QED) is 0.322. The van der Waals surface area contributed by atoms with E-state index in [1.165, 1.54) is 12.3 Å². The van der Waals surface area contributed by atoms with Gasteiger partial charge in [0.25, 0.3) is 0 Å². The molecule has 8 heteroatoms. The largest absolute Gasteiger partial charge is 0.387 e. The molecule has 0 atom stereocenters. The molecule has 0 saturated carbocycles. The first kappa shape index (κ1) is 17.2. The Morgan fingerprint density at radius 1 is 1.19 bits per heavy atom. The van der Waals surface area contributed by atoms with Crippen molar-refractivity contribution in [3.63, 3.8) is 0 Å². The van der Waals surface area contributed by atoms with Crippen molar-refractivity contribution in [1.82, 2.24) is 19.5 Å². The molecule has 0 unspecified atom stereocenters. The number of pyridine rings is 2. The minimum atomic E-state index is -0.553. The molecule has 1 aromatic carbocycles. The van der Waals surface area contributed by atoms with Crippen molar-refractivity contribution in [1.29, 1.82) is 0 Å². The zero-order valence-electron chi connectivity index (χ0n) is 14.3. The Kier molecular flexibility index (Phi) is 4.55. The average molecular weight is 379 g/mol. The molecule has 4 rings (SSSR count). The third-order valence-electron chi connectivity index (χ3n) is 4.07. The number of hydrogen-bond acceptors (Lipinski definition) is 6. The summed E-state index contributed by atoms with van der Waals surface area (Å²) < 4.78 is 15.1. The lowest BCUT2D eigenvalue weighted by Crippen LogP contribution is -2.01. The maximum Gasteiger partial charge on any atom is 0.212 e. The molecule has 0 spiro atoms. The van der Waals surface area contributed by atoms with Crippen LogP contribution in [0, 0.1) is 5.95 Å². The summed E-state index contributed by atoms with van der Waals surface area (Å²) in [7, 11) is 1.80. The van der Waals surface area contributed by atoms with E-state index >= 15 is 0 Å². The van der Waals surface area contributed by atoms with Gasteiger partial charge in [-0.3, -0.25) is 9.36 Å². The van der Waals surface area contributed by atoms with Gasteiger partial charge in [0.2, 0.25) is 5.95 Å². The molecular weight excluding hydrogens is 365 g/mol. The number of aromatic nitrogens is 4. The highest BCUT2D eigenvalue weighted by Crippen LogP contribution is 2.32. The molecule has 0 radical (unpaired) electrons. The number of nitrogens with zero attached hydrogens (tertiary/aromatic N) is 4. The Bertz CT molecular complexity index is 1130. The maximum atomic E-state index is 13.3. The van der Waals surface area contributed by atoms with Crippen LogP contribution in [0.25, 0.3) is 28.2 Å². The van der Waals surface area contributed by atoms with Crippen LogP contribution in [0.2, 0.25) is 0 Å². The number of carbonyl (C=O) groups is 1. The lowest BCUT2D eigenvalue weighted by atomic mass is 10.2. The lowest BCUT2D eigenvalue weighted by molar-refractivity contribution is 0.570. The van der Waals surface area contributed by atoms with Gasteiger partial charge in [0, 0.05) is 35.6 Å². The van der Waals surface area contributed by atoms with Gasteiger partial charge in [0.05, 0.1) is 5.69 Å². The molecule has 0 aliphatic heterocycles. The molecule has 0 amide bonds. The van der Waals surface area contributed by atoms with Gasteiger partial charge in [-0.1, -0.05) is 11.8 Å². The molecule has 27 heavy (non-hydrogen) atoms. The molecule has 0 aliphatic carbocycles. The first-order chi connectivity index (χ1) is 13.2. The molecule has 0 bridgehead atoms. The minimum Gasteiger partial charge on any atom is -0.387 e. The molecule has 0 saturated heterocycles. The highest BCUT2D eigenvalue weighted by atomic mass is 32.2. The normalized spacial score (nSPS) is 10.9. The minimum absolute atomic E-state index is 0.553. The van der Waals surface area contributed by atoms with E-state index in [1.54, 1.807) is 19.3 Å². The smallest absolute Gasteiger partial charge is 0.212 e. The number of benzene rings is 1. The molecule has 1 N–H and O–H groups in total. The Balaban J connectivity index is 1.98. The van der Waals surface area contributed by atoms with Gasteiger partial charge in [-0.15, -0.1) is 0 Å². The van der Waals surface area contributed by atoms with E-state index in [1.807, 2.05) is 34.9 Å². The Morgan fingerprint density at radius 2 is 2.07 bits per heavy atom. The van der Waals surface area contributed by atoms with Crippen LogP contribution in [0.1, 0.15) is 0 Å². The zero-order valence-corrected chi connectivity index (χ0v) is 15.1. The standard InChI is InChI=1S/C19H14FN5OS/c1-21-14-6-5-13(9-16(14)27-11-26)25-18(12-4-7-17(20)23-10-12)24-15-3-2-8-22-19(15)25/h2-11,21H,1H3. The van der Waals surface area contributed by atoms with Crippen LogP contribution < -0.4 is 5.32 Å². The van der Waals surface area contributed by atoms with E-state index in [9.17, 15) is 9.18 Å². The van der Waals surface area contributed by atoms with E-state index < -0.39 is 5.95 Å². The molecule has 3 heterocycles. The molecule has 0 aliphatic rings. The summed E-state index contributed by atoms with van der Waals surface area (Å²) in [6.07, 6.45) is 3.13. The molecular formula is C19H14FN5OS. The number of imidazole rings is 1. The van der Waals surface area contributed by atoms with Gasteiger partial charge in [0.1, 0.15) is 11.3 Å². The number of rotatable bonds is 5. The maximum absolute atomic E-state index is 13.3. The van der Waals surface area contributed by atoms with Gasteiger partial charge in [-0.2, -0.15) is 4.39 Å². The molecule has 3 aromatic heterocycles. The van der Waals surface area contributed by atoms with Crippen LogP contribution in [0.4, 0.5) is 10.1 Å². The number of thioether (sulfide) groups is 1. The number of nitrogens with one attached hydrogen (secondary N) is 1. The van der Waals surface area contributed by atoms with Crippen LogP contribution in [0.15, 0.2) is 59.8 Å². The fourth-order valence-corrected chi connectivity index (χ4v) is 3.45. The summed E-state index contributed by atoms with van der Waals surface area (Å²) in [6, 6.07) is 12.3. The number of anilines is 1. The van der Waals surface area contributed by atoms with Gasteiger partial charge < -0.3 is 5.32 Å². The number of fused-ring (bicyclic) bond motifs is 1. The van der Waals surface area contributed by atoms with Crippen LogP contribution in [-0.4, -0.2) is 32.2 Å². The highest BCUT2D eigenvalue weighted by molar-refractivity contribution is 8.12. The summed E-state index contributed by atoms with van der Waals surface area (Å²) in [5.74, 6) is 0.0399. The van der Waals surface area contributed by atoms with E-state index in [0.29, 0.717) is 22.6 Å². The van der Waals surface area contributed by atoms with E-state index in [0.717, 1.165) is 33.7 Å². The van der Waals surface area contributed by atoms with Crippen molar-refractivity contribution < 1.29 is 9.18 Å². The van der Waals surface area contributed by atoms with Crippen LogP contribution >= 0.6 is 11.8 Å². The Hall–Kier alpha value is -3.26. The summed E-state index contributed by atoms with van der Waals surface area (Å²) in [4.78, 5) is 24.7. The summed E-state index contributed by atoms with van der Waals surface area (Å²) in [5, 5.41) is 3.07. The first-order valence-electron chi connectivity index (χ1n) is 8.09. The van der Waals surface area contributed by atoms with Crippen molar-refractivity contribution in [3.8, 4) is 17.1 Å². The number of halogens is 1. The Morgan fingerprint density at radius 3 is 2.81 bits per heavy atom. The monoisotopic (exact) mass is 379 g/mol. The van der Waals surface area contributed by atoms with E-state index in [2.05, 4.69) is 20.3 Å². The second-order valence-corrected chi connectivity index (χ2v) is 6.50. The second-order valence-electron chi connectivity index (χ2n) is 5.63.